The number of nitrogens with zero attached hydrogens (tertiary/aromatic N) is 4. The number of Topliss-reactive ketones (excluding diaryl/α,β-unsaturated/α-hetero) is 1. The van der Waals surface area contributed by atoms with E-state index in [-0.39, 0.29) is 17.2 Å². The molecule has 0 aliphatic carbocycles. The second kappa shape index (κ2) is 8.10. The number of halogens is 1. The monoisotopic (exact) mass is 500 g/mol. The highest BCUT2D eigenvalue weighted by Gasteiger charge is 2.65. The molecule has 3 aliphatic heterocycles. The van der Waals surface area contributed by atoms with Gasteiger partial charge in [-0.2, -0.15) is 5.10 Å². The first-order valence-corrected chi connectivity index (χ1v) is 11.6. The number of nitro benzene ring substituents is 1. The van der Waals surface area contributed by atoms with Crippen molar-refractivity contribution in [1.82, 2.24) is 5.01 Å². The Morgan fingerprint density at radius 1 is 0.917 bits per heavy atom. The minimum absolute atomic E-state index is 0.157. The largest absolute Gasteiger partial charge is 0.292 e. The van der Waals surface area contributed by atoms with Gasteiger partial charge in [-0.15, -0.1) is 0 Å². The molecule has 3 aliphatic rings. The maximum atomic E-state index is 13.8. The Labute approximate surface area is 209 Å². The number of carbonyl (C=O) groups excluding carboxylic acids is 3. The van der Waals surface area contributed by atoms with Crippen molar-refractivity contribution in [2.24, 2.45) is 16.9 Å². The molecule has 9 nitrogen and oxygen atoms in total. The average Bonchev–Trinajstić information content (AvgIpc) is 3.36. The van der Waals surface area contributed by atoms with Gasteiger partial charge >= 0.3 is 0 Å². The summed E-state index contributed by atoms with van der Waals surface area (Å²) in [6.07, 6.45) is 1.64. The van der Waals surface area contributed by atoms with Crippen molar-refractivity contribution < 1.29 is 19.3 Å². The SMILES string of the molecule is O=C(c1ccc(Cl)cc1)[C@H]1[C@H]2C(=O)N(c3ccc([N+](=O)[O-])cc3)C(=O)[C@@H]2[C@@H]2c3ccccc3C=NN12. The molecule has 36 heavy (non-hydrogen) atoms. The zero-order valence-corrected chi connectivity index (χ0v) is 19.3. The van der Waals surface area contributed by atoms with Gasteiger partial charge in [0.05, 0.1) is 34.7 Å². The molecule has 0 radical (unpaired) electrons. The summed E-state index contributed by atoms with van der Waals surface area (Å²) >= 11 is 6.00. The van der Waals surface area contributed by atoms with Crippen LogP contribution in [0.15, 0.2) is 77.9 Å². The molecule has 6 rings (SSSR count). The number of rotatable bonds is 4. The number of carbonyl (C=O) groups is 3. The molecule has 0 aromatic heterocycles. The maximum Gasteiger partial charge on any atom is 0.269 e. The summed E-state index contributed by atoms with van der Waals surface area (Å²) in [5, 5.41) is 17.6. The molecule has 3 aromatic rings. The lowest BCUT2D eigenvalue weighted by molar-refractivity contribution is -0.384. The summed E-state index contributed by atoms with van der Waals surface area (Å²) in [4.78, 5) is 52.9. The highest BCUT2D eigenvalue weighted by Crippen LogP contribution is 2.53. The van der Waals surface area contributed by atoms with Crippen LogP contribution in [0.3, 0.4) is 0 Å². The van der Waals surface area contributed by atoms with E-state index in [1.165, 1.54) is 24.3 Å². The van der Waals surface area contributed by atoms with Crippen molar-refractivity contribution >= 4 is 46.8 Å². The van der Waals surface area contributed by atoms with Crippen LogP contribution in [0, 0.1) is 22.0 Å². The number of fused-ring (bicyclic) bond motifs is 5. The molecule has 3 aromatic carbocycles. The number of non-ortho nitro benzene ring substituents is 1. The van der Waals surface area contributed by atoms with E-state index in [0.29, 0.717) is 10.6 Å². The number of anilines is 1. The number of hydrazone groups is 1. The van der Waals surface area contributed by atoms with E-state index in [1.54, 1.807) is 35.5 Å². The van der Waals surface area contributed by atoms with E-state index in [1.807, 2.05) is 24.3 Å². The number of hydrogen-bond acceptors (Lipinski definition) is 7. The fourth-order valence-corrected chi connectivity index (χ4v) is 5.56. The van der Waals surface area contributed by atoms with Crippen molar-refractivity contribution in [2.75, 3.05) is 4.90 Å². The standard InChI is InChI=1S/C26H17ClN4O5/c27-16-7-5-14(6-8-16)24(32)23-21-20(22-19-4-2-1-3-15(19)13-28-30(22)23)25(33)29(26(21)34)17-9-11-18(12-10-17)31(35)36/h1-13,20-23H/t20-,21-,22-,23+/m0/s1. The molecule has 2 fully saturated rings. The number of nitro groups is 1. The van der Waals surface area contributed by atoms with Gasteiger partial charge in [0.2, 0.25) is 11.8 Å². The molecule has 4 atom stereocenters. The van der Waals surface area contributed by atoms with E-state index in [9.17, 15) is 24.5 Å². The van der Waals surface area contributed by atoms with Crippen molar-refractivity contribution in [1.29, 1.82) is 0 Å². The molecular weight excluding hydrogens is 484 g/mol. The third-order valence-corrected chi connectivity index (χ3v) is 7.26. The molecule has 2 saturated heterocycles. The number of amides is 2. The zero-order valence-electron chi connectivity index (χ0n) is 18.5. The number of ketones is 1. The molecule has 0 spiro atoms. The Kier molecular flexibility index (Phi) is 4.97. The number of benzene rings is 3. The van der Waals surface area contributed by atoms with E-state index in [4.69, 9.17) is 11.6 Å². The first kappa shape index (κ1) is 22.1. The van der Waals surface area contributed by atoms with Gasteiger partial charge in [0.25, 0.3) is 5.69 Å². The van der Waals surface area contributed by atoms with Crippen LogP contribution in [0.5, 0.6) is 0 Å². The van der Waals surface area contributed by atoms with E-state index < -0.39 is 40.7 Å². The molecule has 3 heterocycles. The van der Waals surface area contributed by atoms with E-state index >= 15 is 0 Å². The van der Waals surface area contributed by atoms with Gasteiger partial charge < -0.3 is 0 Å². The minimum Gasteiger partial charge on any atom is -0.292 e. The second-order valence-electron chi connectivity index (χ2n) is 8.85. The Bertz CT molecular complexity index is 1470. The summed E-state index contributed by atoms with van der Waals surface area (Å²) in [6, 6.07) is 17.4. The molecule has 2 amide bonds. The van der Waals surface area contributed by atoms with Gasteiger partial charge in [-0.3, -0.25) is 29.5 Å². The Balaban J connectivity index is 1.47. The van der Waals surface area contributed by atoms with Crippen LogP contribution in [0.4, 0.5) is 11.4 Å². The number of imide groups is 1. The lowest BCUT2D eigenvalue weighted by Gasteiger charge is -2.33. The predicted octanol–water partition coefficient (Wildman–Crippen LogP) is 4.01. The minimum atomic E-state index is -1.01. The third-order valence-electron chi connectivity index (χ3n) is 7.01. The Morgan fingerprint density at radius 2 is 1.58 bits per heavy atom. The zero-order chi connectivity index (χ0) is 25.1. The smallest absolute Gasteiger partial charge is 0.269 e. The molecule has 178 valence electrons. The normalized spacial score (nSPS) is 23.9. The molecule has 0 bridgehead atoms. The Hall–Kier alpha value is -4.37. The van der Waals surface area contributed by atoms with Gasteiger partial charge in [0.1, 0.15) is 6.04 Å². The predicted molar refractivity (Wildman–Crippen MR) is 131 cm³/mol. The lowest BCUT2D eigenvalue weighted by atomic mass is 9.83. The summed E-state index contributed by atoms with van der Waals surface area (Å²) in [5.74, 6) is -3.18. The van der Waals surface area contributed by atoms with Crippen LogP contribution in [-0.2, 0) is 9.59 Å². The summed E-state index contributed by atoms with van der Waals surface area (Å²) < 4.78 is 0. The van der Waals surface area contributed by atoms with Gasteiger partial charge in [-0.05, 0) is 47.5 Å². The van der Waals surface area contributed by atoms with Gasteiger partial charge in [0, 0.05) is 22.7 Å². The Morgan fingerprint density at radius 3 is 2.28 bits per heavy atom. The lowest BCUT2D eigenvalue weighted by Crippen LogP contribution is -2.44. The molecule has 0 N–H and O–H groups in total. The van der Waals surface area contributed by atoms with Gasteiger partial charge in [-0.1, -0.05) is 35.9 Å². The van der Waals surface area contributed by atoms with E-state index in [2.05, 4.69) is 5.10 Å². The van der Waals surface area contributed by atoms with Crippen molar-refractivity contribution in [3.05, 3.63) is 105 Å². The first-order valence-electron chi connectivity index (χ1n) is 11.2. The van der Waals surface area contributed by atoms with Crippen LogP contribution in [0.25, 0.3) is 0 Å². The van der Waals surface area contributed by atoms with Crippen LogP contribution < -0.4 is 4.90 Å². The maximum absolute atomic E-state index is 13.8. The average molecular weight is 501 g/mol. The first-order chi connectivity index (χ1) is 17.4. The fraction of sp³-hybridized carbons (Fsp3) is 0.154. The molecule has 0 unspecified atom stereocenters. The highest BCUT2D eigenvalue weighted by atomic mass is 35.5. The van der Waals surface area contributed by atoms with Crippen molar-refractivity contribution in [2.45, 2.75) is 12.1 Å². The fourth-order valence-electron chi connectivity index (χ4n) is 5.43. The summed E-state index contributed by atoms with van der Waals surface area (Å²) in [6.45, 7) is 0. The molecular formula is C26H17ClN4O5. The molecule has 0 saturated carbocycles. The summed E-state index contributed by atoms with van der Waals surface area (Å²) in [7, 11) is 0. The molecule has 10 heteroatoms. The van der Waals surface area contributed by atoms with Crippen LogP contribution in [-0.4, -0.2) is 39.8 Å². The topological polar surface area (TPSA) is 113 Å². The van der Waals surface area contributed by atoms with Gasteiger partial charge in [-0.25, -0.2) is 4.90 Å². The van der Waals surface area contributed by atoms with Gasteiger partial charge in [0.15, 0.2) is 5.78 Å². The highest BCUT2D eigenvalue weighted by molar-refractivity contribution is 6.30. The van der Waals surface area contributed by atoms with E-state index in [0.717, 1.165) is 16.0 Å². The number of hydrogen-bond donors (Lipinski definition) is 0. The second-order valence-corrected chi connectivity index (χ2v) is 9.29. The van der Waals surface area contributed by atoms with Crippen molar-refractivity contribution in [3.8, 4) is 0 Å². The van der Waals surface area contributed by atoms with Crippen LogP contribution >= 0.6 is 11.6 Å². The summed E-state index contributed by atoms with van der Waals surface area (Å²) in [5.41, 5.74) is 2.04. The van der Waals surface area contributed by atoms with Crippen molar-refractivity contribution in [3.63, 3.8) is 0 Å². The third kappa shape index (κ3) is 3.16. The van der Waals surface area contributed by atoms with Crippen LogP contribution in [0.1, 0.15) is 27.5 Å². The quantitative estimate of drug-likeness (QED) is 0.231. The van der Waals surface area contributed by atoms with Crippen LogP contribution in [0.2, 0.25) is 5.02 Å².